The summed E-state index contributed by atoms with van der Waals surface area (Å²) in [4.78, 5) is 19.0. The number of oxime groups is 1. The fourth-order valence-electron chi connectivity index (χ4n) is 4.03. The van der Waals surface area contributed by atoms with E-state index in [1.807, 2.05) is 32.0 Å². The third kappa shape index (κ3) is 5.20. The molecule has 2 aromatic rings. The Morgan fingerprint density at radius 2 is 2.06 bits per heavy atom. The van der Waals surface area contributed by atoms with Crippen LogP contribution in [0.1, 0.15) is 49.5 Å². The summed E-state index contributed by atoms with van der Waals surface area (Å²) in [6, 6.07) is 14.0. The van der Waals surface area contributed by atoms with Crippen LogP contribution >= 0.6 is 11.6 Å². The van der Waals surface area contributed by atoms with Crippen LogP contribution < -0.4 is 4.74 Å². The van der Waals surface area contributed by atoms with E-state index in [1.165, 1.54) is 5.56 Å². The minimum absolute atomic E-state index is 0.0630. The van der Waals surface area contributed by atoms with Crippen molar-refractivity contribution in [3.8, 4) is 5.75 Å². The quantitative estimate of drug-likeness (QED) is 0.660. The van der Waals surface area contributed by atoms with Gasteiger partial charge in [-0.3, -0.25) is 9.69 Å². The van der Waals surface area contributed by atoms with Gasteiger partial charge < -0.3 is 14.7 Å². The Bertz CT molecular complexity index is 974. The van der Waals surface area contributed by atoms with Gasteiger partial charge in [-0.1, -0.05) is 47.1 Å². The zero-order chi connectivity index (χ0) is 22.0. The van der Waals surface area contributed by atoms with E-state index in [4.69, 9.17) is 26.3 Å². The molecule has 0 spiro atoms. The summed E-state index contributed by atoms with van der Waals surface area (Å²) in [5, 5.41) is 14.0. The van der Waals surface area contributed by atoms with E-state index in [0.29, 0.717) is 23.7 Å². The molecule has 1 N–H and O–H groups in total. The van der Waals surface area contributed by atoms with Gasteiger partial charge in [-0.25, -0.2) is 0 Å². The Balaban J connectivity index is 1.35. The van der Waals surface area contributed by atoms with Gasteiger partial charge in [0.1, 0.15) is 5.75 Å². The number of benzene rings is 2. The molecule has 0 aliphatic carbocycles. The van der Waals surface area contributed by atoms with Crippen molar-refractivity contribution in [1.82, 2.24) is 4.90 Å². The summed E-state index contributed by atoms with van der Waals surface area (Å²) >= 11 is 6.36. The largest absolute Gasteiger partial charge is 0.489 e. The molecule has 0 bridgehead atoms. The average Bonchev–Trinajstić information content (AvgIpc) is 3.40. The van der Waals surface area contributed by atoms with Crippen LogP contribution in [0.15, 0.2) is 47.6 Å². The molecule has 31 heavy (non-hydrogen) atoms. The van der Waals surface area contributed by atoms with E-state index in [0.717, 1.165) is 36.3 Å². The lowest BCUT2D eigenvalue weighted by Gasteiger charge is -2.15. The first-order valence-corrected chi connectivity index (χ1v) is 11.0. The number of rotatable bonds is 7. The lowest BCUT2D eigenvalue weighted by molar-refractivity contribution is -0.141. The molecule has 2 heterocycles. The van der Waals surface area contributed by atoms with Crippen LogP contribution in [0.5, 0.6) is 5.75 Å². The molecule has 1 fully saturated rings. The first-order valence-electron chi connectivity index (χ1n) is 10.6. The molecule has 0 radical (unpaired) electrons. The third-order valence-electron chi connectivity index (χ3n) is 5.67. The fraction of sp³-hybridized carbons (Fsp3) is 0.417. The number of halogens is 1. The molecule has 2 atom stereocenters. The number of carbonyl (C=O) groups is 1. The Morgan fingerprint density at radius 3 is 2.71 bits per heavy atom. The van der Waals surface area contributed by atoms with Crippen LogP contribution in [-0.2, 0) is 16.2 Å². The molecule has 0 amide bonds. The number of hydrogen-bond acceptors (Lipinski definition) is 5. The lowest BCUT2D eigenvalue weighted by Crippen LogP contribution is -2.22. The molecule has 1 saturated heterocycles. The van der Waals surface area contributed by atoms with Crippen LogP contribution in [0, 0.1) is 5.92 Å². The average molecular weight is 443 g/mol. The standard InChI is InChI=1S/C24H27ClN2O4/c1-15(2)30-22-8-7-18(11-20(22)25)23-12-21(26-31-23)17-5-3-16(4-6-17)13-27-10-9-19(14-27)24(28)29/h3-8,11,15,19,23H,9-10,12-14H2,1-2H3,(H,28,29). The highest BCUT2D eigenvalue weighted by Crippen LogP contribution is 2.34. The molecule has 0 saturated carbocycles. The van der Waals surface area contributed by atoms with Crippen LogP contribution in [0.25, 0.3) is 0 Å². The van der Waals surface area contributed by atoms with Gasteiger partial charge in [-0.05, 0) is 55.6 Å². The first kappa shape index (κ1) is 21.7. The van der Waals surface area contributed by atoms with E-state index < -0.39 is 5.97 Å². The predicted octanol–water partition coefficient (Wildman–Crippen LogP) is 4.90. The minimum Gasteiger partial charge on any atom is -0.489 e. The summed E-state index contributed by atoms with van der Waals surface area (Å²) < 4.78 is 5.70. The highest BCUT2D eigenvalue weighted by atomic mass is 35.5. The van der Waals surface area contributed by atoms with Crippen molar-refractivity contribution in [2.45, 2.75) is 45.4 Å². The maximum Gasteiger partial charge on any atom is 0.307 e. The highest BCUT2D eigenvalue weighted by molar-refractivity contribution is 6.32. The maximum absolute atomic E-state index is 11.1. The SMILES string of the molecule is CC(C)Oc1ccc(C2CC(c3ccc(CN4CCC(C(=O)O)C4)cc3)=NO2)cc1Cl. The Morgan fingerprint density at radius 1 is 1.29 bits per heavy atom. The van der Waals surface area contributed by atoms with E-state index >= 15 is 0 Å². The van der Waals surface area contributed by atoms with Gasteiger partial charge in [0.15, 0.2) is 6.10 Å². The molecule has 0 aromatic heterocycles. The number of carboxylic acid groups (broad SMARTS) is 1. The van der Waals surface area contributed by atoms with E-state index in [-0.39, 0.29) is 18.1 Å². The van der Waals surface area contributed by atoms with Crippen molar-refractivity contribution in [2.24, 2.45) is 11.1 Å². The number of ether oxygens (including phenoxy) is 1. The van der Waals surface area contributed by atoms with Gasteiger partial charge in [0.25, 0.3) is 0 Å². The number of likely N-dealkylation sites (tertiary alicyclic amines) is 1. The summed E-state index contributed by atoms with van der Waals surface area (Å²) in [5.74, 6) is -0.279. The Hall–Kier alpha value is -2.57. The number of nitrogens with zero attached hydrogens (tertiary/aromatic N) is 2. The van der Waals surface area contributed by atoms with E-state index in [2.05, 4.69) is 34.3 Å². The molecule has 2 aliphatic heterocycles. The molecular formula is C24H27ClN2O4. The van der Waals surface area contributed by atoms with E-state index in [1.54, 1.807) is 0 Å². The summed E-state index contributed by atoms with van der Waals surface area (Å²) in [5.41, 5.74) is 4.07. The summed E-state index contributed by atoms with van der Waals surface area (Å²) in [6.07, 6.45) is 1.29. The van der Waals surface area contributed by atoms with Crippen molar-refractivity contribution in [2.75, 3.05) is 13.1 Å². The Labute approximate surface area is 187 Å². The molecule has 6 nitrogen and oxygen atoms in total. The topological polar surface area (TPSA) is 71.4 Å². The predicted molar refractivity (Wildman–Crippen MR) is 120 cm³/mol. The van der Waals surface area contributed by atoms with Gasteiger partial charge in [0, 0.05) is 19.5 Å². The van der Waals surface area contributed by atoms with E-state index in [9.17, 15) is 4.79 Å². The molecule has 2 aliphatic rings. The van der Waals surface area contributed by atoms with Crippen LogP contribution in [0.3, 0.4) is 0 Å². The molecule has 4 rings (SSSR count). The highest BCUT2D eigenvalue weighted by Gasteiger charge is 2.28. The molecular weight excluding hydrogens is 416 g/mol. The molecule has 2 aromatic carbocycles. The normalized spacial score (nSPS) is 21.2. The number of carboxylic acids is 1. The van der Waals surface area contributed by atoms with Crippen LogP contribution in [-0.4, -0.2) is 40.9 Å². The van der Waals surface area contributed by atoms with Gasteiger partial charge >= 0.3 is 5.97 Å². The second-order valence-corrected chi connectivity index (χ2v) is 8.86. The van der Waals surface area contributed by atoms with Crippen molar-refractivity contribution in [1.29, 1.82) is 0 Å². The summed E-state index contributed by atoms with van der Waals surface area (Å²) in [7, 11) is 0. The first-order chi connectivity index (χ1) is 14.9. The fourth-order valence-corrected chi connectivity index (χ4v) is 4.27. The smallest absolute Gasteiger partial charge is 0.307 e. The second-order valence-electron chi connectivity index (χ2n) is 8.45. The zero-order valence-electron chi connectivity index (χ0n) is 17.8. The van der Waals surface area contributed by atoms with Crippen molar-refractivity contribution in [3.05, 3.63) is 64.2 Å². The maximum atomic E-state index is 11.1. The number of aliphatic carboxylic acids is 1. The van der Waals surface area contributed by atoms with Crippen LogP contribution in [0.2, 0.25) is 5.02 Å². The molecule has 164 valence electrons. The zero-order valence-corrected chi connectivity index (χ0v) is 18.5. The Kier molecular flexibility index (Phi) is 6.49. The minimum atomic E-state index is -0.699. The molecule has 7 heteroatoms. The number of hydrogen-bond donors (Lipinski definition) is 1. The third-order valence-corrected chi connectivity index (χ3v) is 5.97. The monoisotopic (exact) mass is 442 g/mol. The van der Waals surface area contributed by atoms with Crippen molar-refractivity contribution in [3.63, 3.8) is 0 Å². The second kappa shape index (κ2) is 9.28. The van der Waals surface area contributed by atoms with Gasteiger partial charge in [-0.15, -0.1) is 0 Å². The van der Waals surface area contributed by atoms with Gasteiger partial charge in [0.05, 0.1) is 22.8 Å². The van der Waals surface area contributed by atoms with Gasteiger partial charge in [0.2, 0.25) is 0 Å². The summed E-state index contributed by atoms with van der Waals surface area (Å²) in [6.45, 7) is 6.13. The molecule has 2 unspecified atom stereocenters. The van der Waals surface area contributed by atoms with Crippen molar-refractivity contribution >= 4 is 23.3 Å². The van der Waals surface area contributed by atoms with Crippen LogP contribution in [0.4, 0.5) is 0 Å². The van der Waals surface area contributed by atoms with Crippen molar-refractivity contribution < 1.29 is 19.5 Å². The lowest BCUT2D eigenvalue weighted by atomic mass is 9.99. The van der Waals surface area contributed by atoms with Gasteiger partial charge in [-0.2, -0.15) is 0 Å².